The van der Waals surface area contributed by atoms with Crippen molar-refractivity contribution in [1.82, 2.24) is 0 Å². The van der Waals surface area contributed by atoms with Crippen LogP contribution < -0.4 is 0 Å². The molecule has 0 radical (unpaired) electrons. The third-order valence-electron chi connectivity index (χ3n) is 4.62. The van der Waals surface area contributed by atoms with Gasteiger partial charge >= 0.3 is 113 Å². The summed E-state index contributed by atoms with van der Waals surface area (Å²) in [6.07, 6.45) is 12.9. The van der Waals surface area contributed by atoms with E-state index in [-0.39, 0.29) is 0 Å². The van der Waals surface area contributed by atoms with E-state index in [0.29, 0.717) is 3.63 Å². The van der Waals surface area contributed by atoms with Crippen molar-refractivity contribution in [2.75, 3.05) is 0 Å². The van der Waals surface area contributed by atoms with Crippen LogP contribution in [-0.4, -0.2) is 6.88 Å². The van der Waals surface area contributed by atoms with E-state index >= 15 is 0 Å². The molecule has 0 fully saturated rings. The molecule has 1 atom stereocenters. The molecule has 0 saturated heterocycles. The summed E-state index contributed by atoms with van der Waals surface area (Å²) in [4.78, 5) is 0. The van der Waals surface area contributed by atoms with Crippen LogP contribution in [0.15, 0.2) is 51.9 Å². The Labute approximate surface area is 112 Å². The van der Waals surface area contributed by atoms with E-state index in [1.807, 2.05) is 0 Å². The normalized spacial score (nSPS) is 22.2. The van der Waals surface area contributed by atoms with E-state index in [9.17, 15) is 0 Å². The summed E-state index contributed by atoms with van der Waals surface area (Å²) in [5.74, 6) is 0. The van der Waals surface area contributed by atoms with Crippen LogP contribution in [0.1, 0.15) is 21.2 Å². The number of hydrogen-bond donors (Lipinski definition) is 0. The first kappa shape index (κ1) is 12.6. The Bertz CT molecular complexity index is 655. The maximum absolute atomic E-state index is 2.82. The van der Waals surface area contributed by atoms with Gasteiger partial charge in [0.15, 0.2) is 0 Å². The Balaban J connectivity index is 2.12. The van der Waals surface area contributed by atoms with Crippen LogP contribution >= 0.6 is 0 Å². The summed E-state index contributed by atoms with van der Waals surface area (Å²) < 4.78 is 7.65. The van der Waals surface area contributed by atoms with Gasteiger partial charge in [0.25, 0.3) is 0 Å². The first-order chi connectivity index (χ1) is 8.47. The van der Waals surface area contributed by atoms with Crippen LogP contribution in [0.5, 0.6) is 0 Å². The maximum atomic E-state index is 2.61. The Morgan fingerprint density at radius 2 is 2.00 bits per heavy atom. The fraction of sp³-hybridized carbons (Fsp3) is 0.250. The molecule has 92 valence electrons. The number of rotatable bonds is 2. The van der Waals surface area contributed by atoms with E-state index in [1.54, 1.807) is 8.84 Å². The zero-order valence-corrected chi connectivity index (χ0v) is 15.1. The fourth-order valence-corrected chi connectivity index (χ4v) is 16.3. The summed E-state index contributed by atoms with van der Waals surface area (Å²) in [6, 6.07) is 8.92. The average Bonchev–Trinajstić information content (AvgIpc) is 2.99. The quantitative estimate of drug-likeness (QED) is 0.720. The second-order valence-electron chi connectivity index (χ2n) is 6.60. The molecule has 2 aliphatic rings. The minimum atomic E-state index is -2.82. The van der Waals surface area contributed by atoms with E-state index in [2.05, 4.69) is 70.8 Å². The molecule has 1 aromatic rings. The third-order valence-corrected chi connectivity index (χ3v) is 22.1. The molecular formula is C16H20SiZr. The van der Waals surface area contributed by atoms with Crippen LogP contribution in [-0.2, 0) is 17.4 Å². The summed E-state index contributed by atoms with van der Waals surface area (Å²) in [5, 5.41) is 0. The molecule has 0 saturated carbocycles. The molecule has 2 aliphatic carbocycles. The SMILES string of the molecule is [CH3][Zr]([CH3])(=[SiH2])([C]1=CC=CC1)[CH]1C=Cc2ccccc21. The van der Waals surface area contributed by atoms with E-state index in [1.165, 1.54) is 12.0 Å². The van der Waals surface area contributed by atoms with Gasteiger partial charge in [0.1, 0.15) is 0 Å². The summed E-state index contributed by atoms with van der Waals surface area (Å²) in [5.41, 5.74) is 3.00. The van der Waals surface area contributed by atoms with E-state index in [0.717, 1.165) is 0 Å². The van der Waals surface area contributed by atoms with Crippen LogP contribution in [0.25, 0.3) is 6.08 Å². The van der Waals surface area contributed by atoms with Gasteiger partial charge in [-0.1, -0.05) is 0 Å². The monoisotopic (exact) mass is 330 g/mol. The molecule has 2 heteroatoms. The van der Waals surface area contributed by atoms with Crippen LogP contribution in [0, 0.1) is 0 Å². The molecule has 0 bridgehead atoms. The molecular weight excluding hydrogens is 311 g/mol. The molecule has 3 rings (SSSR count). The summed E-state index contributed by atoms with van der Waals surface area (Å²) >= 11 is -2.82. The van der Waals surface area contributed by atoms with Crippen molar-refractivity contribution in [2.45, 2.75) is 19.3 Å². The standard InChI is InChI=1S/C9H7.C5H5.2CH3.H2Si.Zr/c1-2-5-9-7-3-6-8(9)4-1;1-2-4-5-3-1;;;;/h1-7H;1-3H,4H2;2*1H3;1H2;. The number of fused-ring (bicyclic) bond motifs is 1. The van der Waals surface area contributed by atoms with Crippen molar-refractivity contribution < 1.29 is 17.4 Å². The Kier molecular flexibility index (Phi) is 2.80. The van der Waals surface area contributed by atoms with Gasteiger partial charge in [-0.3, -0.25) is 0 Å². The molecule has 0 N–H and O–H groups in total. The predicted molar refractivity (Wildman–Crippen MR) is 80.3 cm³/mol. The molecule has 1 unspecified atom stereocenters. The van der Waals surface area contributed by atoms with Gasteiger partial charge in [-0.05, 0) is 0 Å². The fourth-order valence-electron chi connectivity index (χ4n) is 3.31. The van der Waals surface area contributed by atoms with Crippen LogP contribution in [0.3, 0.4) is 0 Å². The second kappa shape index (κ2) is 4.02. The van der Waals surface area contributed by atoms with Gasteiger partial charge in [-0.15, -0.1) is 0 Å². The van der Waals surface area contributed by atoms with Crippen molar-refractivity contribution in [1.29, 1.82) is 0 Å². The molecule has 0 heterocycles. The van der Waals surface area contributed by atoms with Gasteiger partial charge in [0.2, 0.25) is 0 Å². The molecule has 0 aliphatic heterocycles. The molecule has 0 amide bonds. The first-order valence-electron chi connectivity index (χ1n) is 6.68. The number of hydrogen-bond acceptors (Lipinski definition) is 0. The number of benzene rings is 1. The number of allylic oxidation sites excluding steroid dienone is 5. The zero-order chi connectivity index (χ0) is 12.8. The van der Waals surface area contributed by atoms with E-state index in [4.69, 9.17) is 0 Å². The van der Waals surface area contributed by atoms with Crippen molar-refractivity contribution in [3.05, 3.63) is 63.0 Å². The summed E-state index contributed by atoms with van der Waals surface area (Å²) in [6.45, 7) is 2.35. The predicted octanol–water partition coefficient (Wildman–Crippen LogP) is 3.93. The van der Waals surface area contributed by atoms with Crippen molar-refractivity contribution in [2.24, 2.45) is 0 Å². The van der Waals surface area contributed by atoms with Crippen molar-refractivity contribution in [3.8, 4) is 0 Å². The van der Waals surface area contributed by atoms with Gasteiger partial charge < -0.3 is 0 Å². The second-order valence-corrected chi connectivity index (χ2v) is 36.4. The van der Waals surface area contributed by atoms with Crippen LogP contribution in [0.4, 0.5) is 0 Å². The Morgan fingerprint density at radius 3 is 2.72 bits per heavy atom. The topological polar surface area (TPSA) is 0 Å². The Hall–Kier alpha value is -0.460. The third kappa shape index (κ3) is 1.82. The minimum absolute atomic E-state index is 0.687. The van der Waals surface area contributed by atoms with Crippen LogP contribution in [0.2, 0.25) is 9.26 Å². The van der Waals surface area contributed by atoms with Gasteiger partial charge in [-0.25, -0.2) is 0 Å². The zero-order valence-electron chi connectivity index (χ0n) is 11.2. The van der Waals surface area contributed by atoms with Gasteiger partial charge in [0.05, 0.1) is 0 Å². The molecule has 0 nitrogen and oxygen atoms in total. The molecule has 1 aromatic carbocycles. The van der Waals surface area contributed by atoms with Crippen molar-refractivity contribution >= 4 is 13.0 Å². The molecule has 0 spiro atoms. The van der Waals surface area contributed by atoms with Gasteiger partial charge in [-0.2, -0.15) is 0 Å². The molecule has 18 heavy (non-hydrogen) atoms. The first-order valence-corrected chi connectivity index (χ1v) is 20.2. The van der Waals surface area contributed by atoms with E-state index < -0.39 is 17.4 Å². The molecule has 0 aromatic heterocycles. The Morgan fingerprint density at radius 1 is 1.22 bits per heavy atom. The van der Waals surface area contributed by atoms with Gasteiger partial charge in [0, 0.05) is 0 Å². The van der Waals surface area contributed by atoms with Crippen molar-refractivity contribution in [3.63, 3.8) is 0 Å². The average molecular weight is 332 g/mol. The summed E-state index contributed by atoms with van der Waals surface area (Å²) in [7, 11) is 0.